The minimum atomic E-state index is -1.26. The number of ether oxygens (including phenoxy) is 3. The molecular formula is C84H108N18O11. The van der Waals surface area contributed by atoms with Gasteiger partial charge in [-0.05, 0) is 175 Å². The second kappa shape index (κ2) is 37.2. The third-order valence-corrected chi connectivity index (χ3v) is 23.0. The highest BCUT2D eigenvalue weighted by molar-refractivity contribution is 6.13. The Labute approximate surface area is 660 Å². The lowest BCUT2D eigenvalue weighted by atomic mass is 9.67. The highest BCUT2D eigenvalue weighted by Crippen LogP contribution is 2.43. The molecule has 1 aliphatic carbocycles. The molecule has 29 nitrogen and oxygen atoms in total. The summed E-state index contributed by atoms with van der Waals surface area (Å²) < 4.78 is 26.6. The van der Waals surface area contributed by atoms with Gasteiger partial charge in [-0.3, -0.25) is 52.9 Å². The van der Waals surface area contributed by atoms with Gasteiger partial charge < -0.3 is 65.3 Å². The first-order valence-corrected chi connectivity index (χ1v) is 40.1. The third kappa shape index (κ3) is 19.6. The number of nitrogens with one attached hydrogen (secondary N) is 4. The number of imide groups is 1. The Morgan fingerprint density at radius 1 is 0.717 bits per heavy atom. The Hall–Kier alpha value is -10.8. The first-order valence-electron chi connectivity index (χ1n) is 40.1. The summed E-state index contributed by atoms with van der Waals surface area (Å²) in [5.41, 5.74) is 13.1. The van der Waals surface area contributed by atoms with Crippen LogP contribution < -0.4 is 51.0 Å². The van der Waals surface area contributed by atoms with Gasteiger partial charge in [0, 0.05) is 145 Å². The Morgan fingerprint density at radius 3 is 2.12 bits per heavy atom. The van der Waals surface area contributed by atoms with Crippen molar-refractivity contribution in [2.45, 2.75) is 147 Å². The highest BCUT2D eigenvalue weighted by atomic mass is 16.5. The Morgan fingerprint density at radius 2 is 1.43 bits per heavy atom. The number of aromatic nitrogens is 6. The molecule has 3 aromatic carbocycles. The number of nitrogens with zero attached hydrogens (tertiary/aromatic N) is 13. The lowest BCUT2D eigenvalue weighted by Crippen LogP contribution is -2.58. The SMILES string of the molecule is CC(C)C(C(=O)N1CCC[C@H]1C(=O)N[C@@H](C)c1ccc(-c2ccnn2C)cc1)c1cc(OCCN2CCN(CCOc3cc(N4C5CCC4CN(c4cc(-c6ccccc6OCc6ccc(NC(=O)[C@H](CCCCN(C)C)NC(=O)C7(C(=O)NCCCCCN8C(=O)C=CC8=O)CCC7)cc6)nnc4N)C5)ccn3)CC2)no1. The van der Waals surface area contributed by atoms with Crippen LogP contribution in [0.3, 0.4) is 0 Å². The summed E-state index contributed by atoms with van der Waals surface area (Å²) in [5, 5.41) is 29.7. The van der Waals surface area contributed by atoms with Crippen LogP contribution in [0.1, 0.15) is 133 Å². The van der Waals surface area contributed by atoms with Crippen LogP contribution in [0, 0.1) is 11.3 Å². The number of pyridine rings is 1. The molecule has 600 valence electrons. The highest BCUT2D eigenvalue weighted by Gasteiger charge is 2.52. The second-order valence-corrected chi connectivity index (χ2v) is 31.3. The second-order valence-electron chi connectivity index (χ2n) is 31.3. The number of benzene rings is 3. The summed E-state index contributed by atoms with van der Waals surface area (Å²) in [4.78, 5) is 113. The van der Waals surface area contributed by atoms with Crippen molar-refractivity contribution in [3.05, 3.63) is 145 Å². The summed E-state index contributed by atoms with van der Waals surface area (Å²) in [7, 11) is 5.89. The maximum absolute atomic E-state index is 14.3. The normalized spacial score (nSPS) is 19.0. The van der Waals surface area contributed by atoms with Crippen LogP contribution in [0.25, 0.3) is 22.5 Å². The van der Waals surface area contributed by atoms with Crippen molar-refractivity contribution in [2.75, 3.05) is 127 Å². The number of hydrogen-bond acceptors (Lipinski definition) is 22. The number of unbranched alkanes of at least 4 members (excludes halogenated alkanes) is 3. The number of rotatable bonds is 37. The minimum absolute atomic E-state index is 0.114. The number of amides is 7. The number of para-hydroxylation sites is 1. The van der Waals surface area contributed by atoms with Crippen molar-refractivity contribution in [3.63, 3.8) is 0 Å². The van der Waals surface area contributed by atoms with Gasteiger partial charge in [-0.1, -0.05) is 68.8 Å². The lowest BCUT2D eigenvalue weighted by molar-refractivity contribution is -0.151. The maximum atomic E-state index is 14.3. The van der Waals surface area contributed by atoms with Crippen LogP contribution in [0.5, 0.6) is 17.5 Å². The van der Waals surface area contributed by atoms with Gasteiger partial charge in [0.2, 0.25) is 35.4 Å². The van der Waals surface area contributed by atoms with E-state index in [1.807, 2.05) is 126 Å². The Bertz CT molecular complexity index is 4450. The van der Waals surface area contributed by atoms with Crippen LogP contribution in [-0.2, 0) is 47.2 Å². The Balaban J connectivity index is 0.534. The molecule has 4 saturated heterocycles. The zero-order chi connectivity index (χ0) is 79.1. The molecule has 9 heterocycles. The van der Waals surface area contributed by atoms with E-state index in [4.69, 9.17) is 24.5 Å². The van der Waals surface area contributed by atoms with E-state index in [0.29, 0.717) is 138 Å². The Kier molecular flexibility index (Phi) is 26.5. The minimum Gasteiger partial charge on any atom is -0.488 e. The summed E-state index contributed by atoms with van der Waals surface area (Å²) in [6.45, 7) is 15.5. The van der Waals surface area contributed by atoms with Gasteiger partial charge >= 0.3 is 0 Å². The van der Waals surface area contributed by atoms with E-state index >= 15 is 0 Å². The number of carbonyl (C=O) groups excluding carboxylic acids is 7. The summed E-state index contributed by atoms with van der Waals surface area (Å²) >= 11 is 0. The monoisotopic (exact) mass is 1540 g/mol. The molecule has 7 aromatic rings. The smallest absolute Gasteiger partial charge is 0.254 e. The number of anilines is 4. The number of fused-ring (bicyclic) bond motifs is 2. The van der Waals surface area contributed by atoms with E-state index in [2.05, 4.69) is 83.3 Å². The lowest BCUT2D eigenvalue weighted by Gasteiger charge is -2.43. The van der Waals surface area contributed by atoms with Crippen LogP contribution in [0.4, 0.5) is 22.9 Å². The van der Waals surface area contributed by atoms with Crippen molar-refractivity contribution in [2.24, 2.45) is 18.4 Å². The molecule has 29 heteroatoms. The van der Waals surface area contributed by atoms with E-state index in [-0.39, 0.29) is 66.1 Å². The summed E-state index contributed by atoms with van der Waals surface area (Å²) in [6, 6.07) is 31.7. The van der Waals surface area contributed by atoms with Gasteiger partial charge in [0.1, 0.15) is 49.0 Å². The van der Waals surface area contributed by atoms with Crippen molar-refractivity contribution < 1.29 is 52.3 Å². The molecule has 6 N–H and O–H groups in total. The zero-order valence-electron chi connectivity index (χ0n) is 65.8. The number of likely N-dealkylation sites (tertiary alicyclic amines) is 1. The predicted octanol–water partition coefficient (Wildman–Crippen LogP) is 8.17. The largest absolute Gasteiger partial charge is 0.488 e. The van der Waals surface area contributed by atoms with E-state index in [9.17, 15) is 33.6 Å². The number of nitrogens with two attached hydrogens (primary N) is 1. The number of hydrogen-bond donors (Lipinski definition) is 5. The fourth-order valence-electron chi connectivity index (χ4n) is 16.3. The van der Waals surface area contributed by atoms with Crippen molar-refractivity contribution in [3.8, 4) is 40.0 Å². The molecule has 2 bridgehead atoms. The number of aryl methyl sites for hydroxylation is 1. The molecule has 6 atom stereocenters. The molecule has 5 fully saturated rings. The van der Waals surface area contributed by atoms with Gasteiger partial charge in [-0.15, -0.1) is 10.2 Å². The fraction of sp³-hybridized carbons (Fsp3) is 0.500. The van der Waals surface area contributed by atoms with Crippen LogP contribution in [-0.4, -0.2) is 226 Å². The quantitative estimate of drug-likeness (QED) is 0.0139. The molecule has 6 aliphatic rings. The van der Waals surface area contributed by atoms with E-state index in [0.717, 1.165) is 117 Å². The summed E-state index contributed by atoms with van der Waals surface area (Å²) in [6.07, 6.45) is 14.8. The van der Waals surface area contributed by atoms with Gasteiger partial charge in [-0.2, -0.15) is 5.10 Å². The van der Waals surface area contributed by atoms with E-state index < -0.39 is 29.3 Å². The van der Waals surface area contributed by atoms with Gasteiger partial charge in [0.15, 0.2) is 11.6 Å². The van der Waals surface area contributed by atoms with Crippen molar-refractivity contribution in [1.82, 2.24) is 70.6 Å². The summed E-state index contributed by atoms with van der Waals surface area (Å²) in [5.74, 6) is -0.548. The van der Waals surface area contributed by atoms with Crippen molar-refractivity contribution >= 4 is 64.2 Å². The molecule has 7 amide bonds. The first kappa shape index (κ1) is 80.3. The molecule has 1 saturated carbocycles. The number of piperazine rings is 2. The topological polar surface area (TPSA) is 327 Å². The fourth-order valence-corrected chi connectivity index (χ4v) is 16.3. The van der Waals surface area contributed by atoms with E-state index in [1.165, 1.54) is 17.1 Å². The van der Waals surface area contributed by atoms with Gasteiger partial charge in [0.05, 0.1) is 23.1 Å². The molecular weight excluding hydrogens is 1440 g/mol. The average Bonchev–Trinajstić information content (AvgIpc) is 1.73. The maximum Gasteiger partial charge on any atom is 0.254 e. The zero-order valence-corrected chi connectivity index (χ0v) is 65.8. The molecule has 5 aliphatic heterocycles. The molecule has 0 spiro atoms. The van der Waals surface area contributed by atoms with E-state index in [1.54, 1.807) is 29.3 Å². The standard InChI is InChI=1S/C84H108N18O11/c1-56(2)77(81(107)100-41-14-18-69(100)80(106)89-57(3)59-22-24-60(25-23-59)68-33-38-88-96(68)6)72-52-74(94-113-72)111-49-47-98-44-42-97(43-45-98)46-48-110-73-50-62(32-37-86-73)102-63-28-29-64(102)54-99(53-63)70-51-67(92-93-78(70)85)65-16-8-9-19-71(65)112-55-58-20-26-61(27-21-58)90-79(105)66(17-10-13-39-95(4)5)91-83(109)84(34-15-35-84)82(108)87-36-11-7-12-40-101-75(103)30-31-76(101)104/h8-9,16,19-27,30-33,37-38,50-52,56-57,63-64,66,69,77H,7,10-15,17-18,28-29,34-36,39-49,53-55H2,1-6H3,(H2,85,93)(H,87,108)(H,89,106)(H,90,105)(H,91,109)/t57-,63?,64?,66-,69-,77?/m0/s1. The number of carbonyl (C=O) groups is 7. The molecule has 0 radical (unpaired) electrons. The molecule has 4 aromatic heterocycles. The first-order chi connectivity index (χ1) is 54.7. The van der Waals surface area contributed by atoms with Gasteiger partial charge in [-0.25, -0.2) is 4.98 Å². The third-order valence-electron chi connectivity index (χ3n) is 23.0. The molecule has 13 rings (SSSR count). The number of nitrogen functional groups attached to an aromatic ring is 1. The predicted molar refractivity (Wildman–Crippen MR) is 428 cm³/mol. The van der Waals surface area contributed by atoms with Crippen LogP contribution >= 0.6 is 0 Å². The van der Waals surface area contributed by atoms with Crippen molar-refractivity contribution in [1.29, 1.82) is 0 Å². The molecule has 3 unspecified atom stereocenters. The van der Waals surface area contributed by atoms with Crippen LogP contribution in [0.2, 0.25) is 0 Å². The molecule has 113 heavy (non-hydrogen) atoms. The van der Waals surface area contributed by atoms with Crippen LogP contribution in [0.15, 0.2) is 132 Å². The average molecular weight is 1550 g/mol. The van der Waals surface area contributed by atoms with Gasteiger partial charge in [0.25, 0.3) is 17.7 Å².